The Labute approximate surface area is 90.0 Å². The van der Waals surface area contributed by atoms with Crippen LogP contribution in [0.25, 0.3) is 0 Å². The van der Waals surface area contributed by atoms with Gasteiger partial charge in [0.2, 0.25) is 0 Å². The van der Waals surface area contributed by atoms with Gasteiger partial charge in [-0.25, -0.2) is 0 Å². The molecule has 0 fully saturated rings. The van der Waals surface area contributed by atoms with E-state index in [1.807, 2.05) is 18.3 Å². The van der Waals surface area contributed by atoms with Gasteiger partial charge in [0, 0.05) is 28.1 Å². The minimum Gasteiger partial charge on any atom is -0.259 e. The third-order valence-electron chi connectivity index (χ3n) is 1.26. The zero-order chi connectivity index (χ0) is 8.81. The van der Waals surface area contributed by atoms with E-state index in [1.165, 1.54) is 0 Å². The van der Waals surface area contributed by atoms with Crippen LogP contribution in [0, 0.1) is 0 Å². The highest BCUT2D eigenvalue weighted by Gasteiger charge is 1.94. The molecule has 0 saturated carbocycles. The predicted octanol–water partition coefficient (Wildman–Crippen LogP) is 3.32. The summed E-state index contributed by atoms with van der Waals surface area (Å²) in [5, 5.41) is 0. The molecule has 0 saturated heterocycles. The van der Waals surface area contributed by atoms with Crippen molar-refractivity contribution in [1.29, 1.82) is 0 Å². The Morgan fingerprint density at radius 1 is 1.50 bits per heavy atom. The molecule has 1 nitrogen and oxygen atoms in total. The summed E-state index contributed by atoms with van der Waals surface area (Å²) < 4.78 is 1.02. The van der Waals surface area contributed by atoms with E-state index in [9.17, 15) is 0 Å². The smallest absolute Gasteiger partial charge is 0.0503 e. The van der Waals surface area contributed by atoms with Crippen LogP contribution in [-0.4, -0.2) is 16.6 Å². The molecule has 1 aromatic heterocycles. The van der Waals surface area contributed by atoms with Crippen molar-refractivity contribution in [3.05, 3.63) is 28.5 Å². The number of halogens is 2. The Hall–Kier alpha value is 0.270. The van der Waals surface area contributed by atoms with Gasteiger partial charge in [0.25, 0.3) is 0 Å². The molecule has 0 atom stereocenters. The molecule has 1 heterocycles. The first-order valence-corrected chi connectivity index (χ1v) is 6.05. The molecule has 66 valence electrons. The zero-order valence-electron chi connectivity index (χ0n) is 6.46. The topological polar surface area (TPSA) is 12.9 Å². The minimum absolute atomic E-state index is 0.710. The van der Waals surface area contributed by atoms with Crippen LogP contribution in [0.2, 0.25) is 0 Å². The number of aromatic nitrogens is 1. The highest BCUT2D eigenvalue weighted by atomic mass is 79.9. The van der Waals surface area contributed by atoms with E-state index in [1.54, 1.807) is 11.8 Å². The van der Waals surface area contributed by atoms with E-state index < -0.39 is 0 Å². The Balaban J connectivity index is 2.37. The van der Waals surface area contributed by atoms with Crippen molar-refractivity contribution < 1.29 is 0 Å². The van der Waals surface area contributed by atoms with Gasteiger partial charge in [0.15, 0.2) is 0 Å². The summed E-state index contributed by atoms with van der Waals surface area (Å²) in [7, 11) is 0. The van der Waals surface area contributed by atoms with E-state index in [4.69, 9.17) is 11.6 Å². The van der Waals surface area contributed by atoms with Crippen LogP contribution < -0.4 is 0 Å². The van der Waals surface area contributed by atoms with Gasteiger partial charge in [-0.05, 0) is 28.1 Å². The molecule has 1 aromatic rings. The van der Waals surface area contributed by atoms with E-state index in [-0.39, 0.29) is 0 Å². The van der Waals surface area contributed by atoms with Gasteiger partial charge in [0.1, 0.15) is 0 Å². The number of alkyl halides is 1. The fourth-order valence-electron chi connectivity index (χ4n) is 0.723. The summed E-state index contributed by atoms with van der Waals surface area (Å²) in [6.45, 7) is 0. The summed E-state index contributed by atoms with van der Waals surface area (Å²) >= 11 is 10.7. The van der Waals surface area contributed by atoms with E-state index in [0.29, 0.717) is 5.88 Å². The lowest BCUT2D eigenvalue weighted by Crippen LogP contribution is -1.87. The molecule has 0 bridgehead atoms. The average Bonchev–Trinajstić information content (AvgIpc) is 2.09. The number of pyridine rings is 1. The fraction of sp³-hybridized carbons (Fsp3) is 0.375. The summed E-state index contributed by atoms with van der Waals surface area (Å²) in [6.07, 6.45) is 1.82. The number of hydrogen-bond donors (Lipinski definition) is 0. The molecule has 0 unspecified atom stereocenters. The molecule has 0 amide bonds. The number of hydrogen-bond acceptors (Lipinski definition) is 2. The van der Waals surface area contributed by atoms with Gasteiger partial charge in [0.05, 0.1) is 5.69 Å². The lowest BCUT2D eigenvalue weighted by molar-refractivity contribution is 1.16. The number of nitrogens with zero attached hydrogens (tertiary/aromatic N) is 1. The van der Waals surface area contributed by atoms with Crippen molar-refractivity contribution in [2.75, 3.05) is 11.6 Å². The van der Waals surface area contributed by atoms with Crippen LogP contribution in [-0.2, 0) is 5.75 Å². The Kier molecular flexibility index (Phi) is 5.04. The van der Waals surface area contributed by atoms with Gasteiger partial charge in [-0.1, -0.05) is 0 Å². The largest absolute Gasteiger partial charge is 0.259 e. The van der Waals surface area contributed by atoms with Crippen LogP contribution in [0.3, 0.4) is 0 Å². The van der Waals surface area contributed by atoms with Crippen LogP contribution >= 0.6 is 39.3 Å². The fourth-order valence-corrected chi connectivity index (χ4v) is 1.92. The third kappa shape index (κ3) is 3.78. The number of thioether (sulfide) groups is 1. The first-order chi connectivity index (χ1) is 5.83. The molecule has 0 spiro atoms. The quantitative estimate of drug-likeness (QED) is 0.612. The highest BCUT2D eigenvalue weighted by Crippen LogP contribution is 2.12. The molecule has 0 N–H and O–H groups in total. The molecular weight excluding hydrogens is 258 g/mol. The van der Waals surface area contributed by atoms with Crippen molar-refractivity contribution >= 4 is 39.3 Å². The predicted molar refractivity (Wildman–Crippen MR) is 58.8 cm³/mol. The maximum Gasteiger partial charge on any atom is 0.0503 e. The van der Waals surface area contributed by atoms with Crippen molar-refractivity contribution in [3.8, 4) is 0 Å². The van der Waals surface area contributed by atoms with E-state index in [0.717, 1.165) is 21.7 Å². The van der Waals surface area contributed by atoms with Gasteiger partial charge < -0.3 is 0 Å². The second-order valence-corrected chi connectivity index (χ2v) is 4.61. The van der Waals surface area contributed by atoms with Gasteiger partial charge >= 0.3 is 0 Å². The molecule has 0 aliphatic rings. The van der Waals surface area contributed by atoms with Crippen LogP contribution in [0.5, 0.6) is 0 Å². The zero-order valence-corrected chi connectivity index (χ0v) is 9.62. The Bertz CT molecular complexity index is 227. The summed E-state index contributed by atoms with van der Waals surface area (Å²) in [5.74, 6) is 2.64. The molecule has 12 heavy (non-hydrogen) atoms. The van der Waals surface area contributed by atoms with E-state index in [2.05, 4.69) is 20.9 Å². The summed E-state index contributed by atoms with van der Waals surface area (Å²) in [5.41, 5.74) is 1.10. The van der Waals surface area contributed by atoms with Crippen molar-refractivity contribution in [3.63, 3.8) is 0 Å². The first kappa shape index (κ1) is 10.4. The van der Waals surface area contributed by atoms with Crippen LogP contribution in [0.1, 0.15) is 5.69 Å². The molecule has 4 heteroatoms. The van der Waals surface area contributed by atoms with Crippen molar-refractivity contribution in [1.82, 2.24) is 4.98 Å². The standard InChI is InChI=1S/C8H9BrClNS/c9-7-1-2-8(11-5-7)6-12-4-3-10/h1-2,5H,3-4,6H2. The second-order valence-electron chi connectivity index (χ2n) is 2.21. The lowest BCUT2D eigenvalue weighted by atomic mass is 10.4. The Morgan fingerprint density at radius 2 is 2.33 bits per heavy atom. The van der Waals surface area contributed by atoms with Gasteiger partial charge in [-0.15, -0.1) is 11.6 Å². The molecule has 0 aromatic carbocycles. The maximum atomic E-state index is 5.54. The number of rotatable bonds is 4. The highest BCUT2D eigenvalue weighted by molar-refractivity contribution is 9.10. The maximum absolute atomic E-state index is 5.54. The molecule has 0 radical (unpaired) electrons. The molecule has 1 rings (SSSR count). The van der Waals surface area contributed by atoms with Crippen LogP contribution in [0.15, 0.2) is 22.8 Å². The van der Waals surface area contributed by atoms with Crippen molar-refractivity contribution in [2.24, 2.45) is 0 Å². The van der Waals surface area contributed by atoms with Gasteiger partial charge in [-0.2, -0.15) is 11.8 Å². The average molecular weight is 267 g/mol. The molecular formula is C8H9BrClNS. The molecule has 0 aliphatic carbocycles. The second kappa shape index (κ2) is 5.84. The molecule has 0 aliphatic heterocycles. The normalized spacial score (nSPS) is 10.2. The Morgan fingerprint density at radius 3 is 2.92 bits per heavy atom. The first-order valence-electron chi connectivity index (χ1n) is 3.57. The van der Waals surface area contributed by atoms with Gasteiger partial charge in [-0.3, -0.25) is 4.98 Å². The SMILES string of the molecule is ClCCSCc1ccc(Br)cn1. The lowest BCUT2D eigenvalue weighted by Gasteiger charge is -1.98. The van der Waals surface area contributed by atoms with Crippen LogP contribution in [0.4, 0.5) is 0 Å². The third-order valence-corrected chi connectivity index (χ3v) is 3.13. The van der Waals surface area contributed by atoms with E-state index >= 15 is 0 Å². The summed E-state index contributed by atoms with van der Waals surface area (Å²) in [4.78, 5) is 4.24. The van der Waals surface area contributed by atoms with Crippen molar-refractivity contribution in [2.45, 2.75) is 5.75 Å². The minimum atomic E-state index is 0.710. The monoisotopic (exact) mass is 265 g/mol. The summed E-state index contributed by atoms with van der Waals surface area (Å²) in [6, 6.07) is 4.02.